The summed E-state index contributed by atoms with van der Waals surface area (Å²) in [4.78, 5) is 18.3. The molecular formula is C22H19O4P. The lowest BCUT2D eigenvalue weighted by Crippen LogP contribution is -2.13. The number of carbonyl (C=O) groups is 1. The van der Waals surface area contributed by atoms with Crippen molar-refractivity contribution in [3.63, 3.8) is 0 Å². The molecule has 0 radical (unpaired) electrons. The van der Waals surface area contributed by atoms with E-state index in [1.165, 1.54) is 0 Å². The molecule has 4 rings (SSSR count). The molecule has 5 heteroatoms. The molecule has 0 aliphatic carbocycles. The molecule has 0 amide bonds. The Morgan fingerprint density at radius 1 is 0.889 bits per heavy atom. The summed E-state index contributed by atoms with van der Waals surface area (Å²) < 4.78 is 18.5. The molecule has 1 heterocycles. The van der Waals surface area contributed by atoms with Crippen LogP contribution in [0.15, 0.2) is 60.7 Å². The average molecular weight is 378 g/mol. The van der Waals surface area contributed by atoms with E-state index in [1.807, 2.05) is 39.0 Å². The third-order valence-electron chi connectivity index (χ3n) is 4.77. The summed E-state index contributed by atoms with van der Waals surface area (Å²) in [5.74, 6) is 0.244. The molecule has 3 aromatic rings. The molecule has 3 aromatic carbocycles. The first-order chi connectivity index (χ1) is 12.9. The smallest absolute Gasteiger partial charge is 0.307 e. The maximum atomic E-state index is 13.3. The average Bonchev–Trinajstić information content (AvgIpc) is 2.99. The molecule has 0 saturated heterocycles. The highest BCUT2D eigenvalue weighted by Crippen LogP contribution is 2.52. The number of ketones is 1. The zero-order valence-corrected chi connectivity index (χ0v) is 16.2. The highest BCUT2D eigenvalue weighted by Gasteiger charge is 2.40. The molecule has 0 fully saturated rings. The third-order valence-corrected chi connectivity index (χ3v) is 7.04. The summed E-state index contributed by atoms with van der Waals surface area (Å²) in [7, 11) is -3.29. The van der Waals surface area contributed by atoms with Gasteiger partial charge in [-0.3, -0.25) is 9.36 Å². The van der Waals surface area contributed by atoms with Crippen LogP contribution in [0, 0.1) is 20.8 Å². The summed E-state index contributed by atoms with van der Waals surface area (Å²) in [6.07, 6.45) is 0. The van der Waals surface area contributed by atoms with Crippen molar-refractivity contribution in [2.75, 3.05) is 0 Å². The lowest BCUT2D eigenvalue weighted by molar-refractivity contribution is -0.0828. The van der Waals surface area contributed by atoms with Gasteiger partial charge in [0.1, 0.15) is 0 Å². The zero-order chi connectivity index (χ0) is 19.2. The van der Waals surface area contributed by atoms with E-state index in [0.29, 0.717) is 27.5 Å². The Kier molecular flexibility index (Phi) is 4.26. The van der Waals surface area contributed by atoms with Crippen molar-refractivity contribution in [1.29, 1.82) is 0 Å². The van der Waals surface area contributed by atoms with Gasteiger partial charge in [-0.1, -0.05) is 35.9 Å². The van der Waals surface area contributed by atoms with Crippen molar-refractivity contribution in [1.82, 2.24) is 0 Å². The van der Waals surface area contributed by atoms with Crippen LogP contribution in [0.5, 0.6) is 5.75 Å². The molecule has 1 aliphatic heterocycles. The van der Waals surface area contributed by atoms with Crippen LogP contribution in [-0.4, -0.2) is 5.78 Å². The van der Waals surface area contributed by atoms with Crippen LogP contribution in [0.3, 0.4) is 0 Å². The van der Waals surface area contributed by atoms with E-state index in [-0.39, 0.29) is 5.78 Å². The van der Waals surface area contributed by atoms with Crippen molar-refractivity contribution in [3.05, 3.63) is 88.5 Å². The van der Waals surface area contributed by atoms with Gasteiger partial charge >= 0.3 is 7.37 Å². The SMILES string of the molecule is Cc1cc(C)c(C(=O)c2ccc3c(c2)OOP3(=O)c2ccccc2)c(C)c1. The van der Waals surface area contributed by atoms with Gasteiger partial charge in [-0.2, -0.15) is 0 Å². The highest BCUT2D eigenvalue weighted by atomic mass is 31.2. The summed E-state index contributed by atoms with van der Waals surface area (Å²) in [6.45, 7) is 5.88. The molecule has 0 spiro atoms. The van der Waals surface area contributed by atoms with Gasteiger partial charge in [-0.05, 0) is 62.2 Å². The first kappa shape index (κ1) is 17.7. The zero-order valence-electron chi connectivity index (χ0n) is 15.4. The first-order valence-electron chi connectivity index (χ1n) is 8.69. The second-order valence-corrected chi connectivity index (χ2v) is 9.08. The topological polar surface area (TPSA) is 52.6 Å². The van der Waals surface area contributed by atoms with Crippen LogP contribution in [0.1, 0.15) is 32.6 Å². The molecule has 136 valence electrons. The maximum absolute atomic E-state index is 13.3. The van der Waals surface area contributed by atoms with Gasteiger partial charge in [0.05, 0.1) is 5.30 Å². The quantitative estimate of drug-likeness (QED) is 0.385. The molecule has 0 aromatic heterocycles. The number of rotatable bonds is 3. The largest absolute Gasteiger partial charge is 0.330 e. The lowest BCUT2D eigenvalue weighted by Gasteiger charge is -2.11. The van der Waals surface area contributed by atoms with Crippen LogP contribution in [0.25, 0.3) is 0 Å². The van der Waals surface area contributed by atoms with Gasteiger partial charge < -0.3 is 4.89 Å². The Hall–Kier alpha value is -2.68. The van der Waals surface area contributed by atoms with E-state index in [0.717, 1.165) is 16.7 Å². The van der Waals surface area contributed by atoms with Crippen molar-refractivity contribution in [2.45, 2.75) is 20.8 Å². The minimum absolute atomic E-state index is 0.0853. The van der Waals surface area contributed by atoms with Crippen molar-refractivity contribution < 1.29 is 18.9 Å². The fourth-order valence-electron chi connectivity index (χ4n) is 3.59. The molecule has 1 atom stereocenters. The van der Waals surface area contributed by atoms with Crippen LogP contribution in [-0.2, 0) is 9.24 Å². The Labute approximate surface area is 158 Å². The minimum Gasteiger partial charge on any atom is -0.330 e. The number of hydrogen-bond donors (Lipinski definition) is 0. The van der Waals surface area contributed by atoms with E-state index < -0.39 is 7.37 Å². The van der Waals surface area contributed by atoms with E-state index in [9.17, 15) is 9.36 Å². The van der Waals surface area contributed by atoms with E-state index in [4.69, 9.17) is 9.56 Å². The van der Waals surface area contributed by atoms with Crippen molar-refractivity contribution in [2.24, 2.45) is 0 Å². The monoisotopic (exact) mass is 378 g/mol. The Morgan fingerprint density at radius 2 is 1.56 bits per heavy atom. The summed E-state index contributed by atoms with van der Waals surface area (Å²) in [6, 6.07) is 17.9. The van der Waals surface area contributed by atoms with E-state index in [1.54, 1.807) is 42.5 Å². The second-order valence-electron chi connectivity index (χ2n) is 6.83. The fraction of sp³-hybridized carbons (Fsp3) is 0.136. The first-order valence-corrected chi connectivity index (χ1v) is 10.3. The summed E-state index contributed by atoms with van der Waals surface area (Å²) in [5.41, 5.74) is 4.16. The molecular weight excluding hydrogens is 359 g/mol. The molecule has 27 heavy (non-hydrogen) atoms. The normalized spacial score (nSPS) is 18.0. The molecule has 1 unspecified atom stereocenters. The molecule has 0 N–H and O–H groups in total. The van der Waals surface area contributed by atoms with Gasteiger partial charge in [-0.15, -0.1) is 4.67 Å². The van der Waals surface area contributed by atoms with Gasteiger partial charge in [0.2, 0.25) is 0 Å². The fourth-order valence-corrected chi connectivity index (χ4v) is 5.44. The number of benzene rings is 3. The lowest BCUT2D eigenvalue weighted by atomic mass is 9.93. The van der Waals surface area contributed by atoms with Crippen LogP contribution >= 0.6 is 7.37 Å². The van der Waals surface area contributed by atoms with E-state index >= 15 is 0 Å². The van der Waals surface area contributed by atoms with E-state index in [2.05, 4.69) is 0 Å². The summed E-state index contributed by atoms with van der Waals surface area (Å²) >= 11 is 0. The Morgan fingerprint density at radius 3 is 2.22 bits per heavy atom. The minimum atomic E-state index is -3.29. The van der Waals surface area contributed by atoms with Crippen LogP contribution in [0.4, 0.5) is 0 Å². The van der Waals surface area contributed by atoms with Gasteiger partial charge in [0.15, 0.2) is 11.5 Å². The summed E-state index contributed by atoms with van der Waals surface area (Å²) in [5, 5.41) is 1.04. The van der Waals surface area contributed by atoms with Crippen LogP contribution in [0.2, 0.25) is 0 Å². The maximum Gasteiger partial charge on any atom is 0.307 e. The molecule has 0 saturated carbocycles. The van der Waals surface area contributed by atoms with Crippen LogP contribution < -0.4 is 15.5 Å². The number of carbonyl (C=O) groups excluding carboxylic acids is 1. The predicted molar refractivity (Wildman–Crippen MR) is 106 cm³/mol. The predicted octanol–water partition coefficient (Wildman–Crippen LogP) is 4.40. The van der Waals surface area contributed by atoms with Crippen molar-refractivity contribution >= 4 is 23.8 Å². The van der Waals surface area contributed by atoms with Crippen molar-refractivity contribution in [3.8, 4) is 5.75 Å². The number of fused-ring (bicyclic) bond motifs is 1. The molecule has 0 bridgehead atoms. The Bertz CT molecular complexity index is 1080. The van der Waals surface area contributed by atoms with Gasteiger partial charge in [0.25, 0.3) is 0 Å². The molecule has 1 aliphatic rings. The van der Waals surface area contributed by atoms with Gasteiger partial charge in [-0.25, -0.2) is 0 Å². The third kappa shape index (κ3) is 2.91. The van der Waals surface area contributed by atoms with Gasteiger partial charge in [0, 0.05) is 16.4 Å². The number of hydrogen-bond acceptors (Lipinski definition) is 4. The standard InChI is InChI=1S/C22H19O4P/c1-14-11-15(2)21(16(3)12-14)22(23)17-9-10-20-19(13-17)25-26-27(20,24)18-7-5-4-6-8-18/h4-13H,1-3H3. The second kappa shape index (κ2) is 6.49. The number of aryl methyl sites for hydroxylation is 3. The highest BCUT2D eigenvalue weighted by molar-refractivity contribution is 7.74. The molecule has 4 nitrogen and oxygen atoms in total. The Balaban J connectivity index is 1.76.